The average Bonchev–Trinajstić information content (AvgIpc) is 2.82. The Balaban J connectivity index is 2.49. The van der Waals surface area contributed by atoms with E-state index in [4.69, 9.17) is 23.2 Å². The predicted octanol–water partition coefficient (Wildman–Crippen LogP) is 5.00. The van der Waals surface area contributed by atoms with Crippen molar-refractivity contribution in [3.63, 3.8) is 0 Å². The van der Waals surface area contributed by atoms with Gasteiger partial charge in [-0.3, -0.25) is 4.57 Å². The van der Waals surface area contributed by atoms with E-state index >= 15 is 0 Å². The minimum Gasteiger partial charge on any atom is -0.291 e. The zero-order valence-electron chi connectivity index (χ0n) is 11.0. The number of rotatable bonds is 2. The van der Waals surface area contributed by atoms with E-state index in [9.17, 15) is 8.78 Å². The quantitative estimate of drug-likeness (QED) is 0.605. The monoisotopic (exact) mass is 326 g/mol. The number of hydrogen-bond acceptors (Lipinski definition) is 1. The van der Waals surface area contributed by atoms with E-state index in [0.717, 1.165) is 11.6 Å². The van der Waals surface area contributed by atoms with E-state index in [1.165, 1.54) is 10.6 Å². The lowest BCUT2D eigenvalue weighted by Gasteiger charge is -2.13. The van der Waals surface area contributed by atoms with Gasteiger partial charge in [0.25, 0.3) is 0 Å². The molecule has 1 heterocycles. The standard InChI is InChI=1S/C15H10Cl2F2N2/c1-8-3-2-4-9(17)14(8)21-12(7-16)20-11-6-5-10(18)13(19)15(11)21/h2-6H,7H2,1H3. The molecule has 3 aromatic rings. The van der Waals surface area contributed by atoms with Crippen LogP contribution < -0.4 is 0 Å². The molecule has 0 atom stereocenters. The van der Waals surface area contributed by atoms with E-state index < -0.39 is 11.6 Å². The summed E-state index contributed by atoms with van der Waals surface area (Å²) in [6.45, 7) is 1.84. The third-order valence-electron chi connectivity index (χ3n) is 3.31. The second kappa shape index (κ2) is 5.28. The van der Waals surface area contributed by atoms with E-state index in [1.807, 2.05) is 13.0 Å². The van der Waals surface area contributed by atoms with Gasteiger partial charge in [-0.25, -0.2) is 13.8 Å². The summed E-state index contributed by atoms with van der Waals surface area (Å²) in [7, 11) is 0. The van der Waals surface area contributed by atoms with Crippen LogP contribution in [0.1, 0.15) is 11.4 Å². The topological polar surface area (TPSA) is 17.8 Å². The molecule has 0 aliphatic heterocycles. The smallest absolute Gasteiger partial charge is 0.185 e. The number of aryl methyl sites for hydroxylation is 1. The number of hydrogen-bond donors (Lipinski definition) is 0. The van der Waals surface area contributed by atoms with Gasteiger partial charge in [0, 0.05) is 0 Å². The maximum absolute atomic E-state index is 14.2. The molecule has 0 aliphatic rings. The van der Waals surface area contributed by atoms with Crippen LogP contribution in [-0.4, -0.2) is 9.55 Å². The van der Waals surface area contributed by atoms with Crippen molar-refractivity contribution in [3.05, 3.63) is 58.4 Å². The number of imidazole rings is 1. The average molecular weight is 327 g/mol. The second-order valence-corrected chi connectivity index (χ2v) is 5.31. The number of nitrogens with zero attached hydrogens (tertiary/aromatic N) is 2. The fourth-order valence-electron chi connectivity index (χ4n) is 2.39. The Morgan fingerprint density at radius 2 is 1.95 bits per heavy atom. The van der Waals surface area contributed by atoms with Crippen molar-refractivity contribution < 1.29 is 8.78 Å². The summed E-state index contributed by atoms with van der Waals surface area (Å²) < 4.78 is 29.3. The van der Waals surface area contributed by atoms with E-state index in [1.54, 1.807) is 12.1 Å². The van der Waals surface area contributed by atoms with Crippen LogP contribution in [-0.2, 0) is 5.88 Å². The molecule has 3 rings (SSSR count). The van der Waals surface area contributed by atoms with Crippen LogP contribution in [0.3, 0.4) is 0 Å². The first-order valence-electron chi connectivity index (χ1n) is 6.21. The van der Waals surface area contributed by atoms with Gasteiger partial charge in [-0.2, -0.15) is 0 Å². The molecule has 0 unspecified atom stereocenters. The summed E-state index contributed by atoms with van der Waals surface area (Å²) in [5, 5.41) is 0.421. The fourth-order valence-corrected chi connectivity index (χ4v) is 2.87. The molecular weight excluding hydrogens is 317 g/mol. The molecule has 0 fully saturated rings. The van der Waals surface area contributed by atoms with Crippen molar-refractivity contribution in [2.24, 2.45) is 0 Å². The molecule has 0 radical (unpaired) electrons. The van der Waals surface area contributed by atoms with Crippen LogP contribution in [0, 0.1) is 18.6 Å². The minimum atomic E-state index is -0.962. The lowest BCUT2D eigenvalue weighted by atomic mass is 10.2. The number of benzene rings is 2. The van der Waals surface area contributed by atoms with E-state index in [0.29, 0.717) is 22.1 Å². The van der Waals surface area contributed by atoms with Gasteiger partial charge in [0.05, 0.1) is 22.1 Å². The molecule has 0 saturated carbocycles. The maximum atomic E-state index is 14.2. The second-order valence-electron chi connectivity index (χ2n) is 4.63. The molecule has 0 N–H and O–H groups in total. The van der Waals surface area contributed by atoms with Gasteiger partial charge < -0.3 is 0 Å². The molecule has 0 saturated heterocycles. The van der Waals surface area contributed by atoms with Crippen LogP contribution in [0.25, 0.3) is 16.7 Å². The van der Waals surface area contributed by atoms with Crippen LogP contribution in [0.4, 0.5) is 8.78 Å². The van der Waals surface area contributed by atoms with Gasteiger partial charge in [-0.15, -0.1) is 11.6 Å². The van der Waals surface area contributed by atoms with Crippen molar-refractivity contribution in [2.45, 2.75) is 12.8 Å². The Morgan fingerprint density at radius 1 is 1.19 bits per heavy atom. The van der Waals surface area contributed by atoms with Gasteiger partial charge in [-0.05, 0) is 30.7 Å². The van der Waals surface area contributed by atoms with Crippen LogP contribution >= 0.6 is 23.2 Å². The molecule has 2 nitrogen and oxygen atoms in total. The van der Waals surface area contributed by atoms with Crippen molar-refractivity contribution in [1.82, 2.24) is 9.55 Å². The normalized spacial score (nSPS) is 11.3. The number of aromatic nitrogens is 2. The summed E-state index contributed by atoms with van der Waals surface area (Å²) in [5.74, 6) is -1.43. The molecule has 108 valence electrons. The summed E-state index contributed by atoms with van der Waals surface area (Å²) >= 11 is 12.1. The lowest BCUT2D eigenvalue weighted by molar-refractivity contribution is 0.514. The van der Waals surface area contributed by atoms with Gasteiger partial charge in [-0.1, -0.05) is 23.7 Å². The first-order valence-corrected chi connectivity index (χ1v) is 7.12. The molecule has 0 bridgehead atoms. The van der Waals surface area contributed by atoms with Gasteiger partial charge in [0.2, 0.25) is 0 Å². The Morgan fingerprint density at radius 3 is 2.62 bits per heavy atom. The van der Waals surface area contributed by atoms with Crippen molar-refractivity contribution >= 4 is 34.2 Å². The Bertz CT molecular complexity index is 823. The third-order valence-corrected chi connectivity index (χ3v) is 3.85. The van der Waals surface area contributed by atoms with Gasteiger partial charge in [0.15, 0.2) is 11.6 Å². The number of para-hydroxylation sites is 1. The highest BCUT2D eigenvalue weighted by molar-refractivity contribution is 6.32. The largest absolute Gasteiger partial charge is 0.291 e. The molecule has 0 amide bonds. The maximum Gasteiger partial charge on any atom is 0.185 e. The fraction of sp³-hybridized carbons (Fsp3) is 0.133. The predicted molar refractivity (Wildman–Crippen MR) is 80.3 cm³/mol. The van der Waals surface area contributed by atoms with E-state index in [2.05, 4.69) is 4.98 Å². The molecule has 6 heteroatoms. The Kier molecular flexibility index (Phi) is 3.59. The Hall–Kier alpha value is -1.65. The lowest BCUT2D eigenvalue weighted by Crippen LogP contribution is -2.04. The van der Waals surface area contributed by atoms with Crippen LogP contribution in [0.5, 0.6) is 0 Å². The summed E-state index contributed by atoms with van der Waals surface area (Å²) in [6.07, 6.45) is 0. The molecule has 0 aliphatic carbocycles. The van der Waals surface area contributed by atoms with Crippen molar-refractivity contribution in [2.75, 3.05) is 0 Å². The van der Waals surface area contributed by atoms with Gasteiger partial charge >= 0.3 is 0 Å². The van der Waals surface area contributed by atoms with Crippen LogP contribution in [0.2, 0.25) is 5.02 Å². The zero-order valence-corrected chi connectivity index (χ0v) is 12.5. The minimum absolute atomic E-state index is 0.0434. The first kappa shape index (κ1) is 14.3. The molecule has 21 heavy (non-hydrogen) atoms. The van der Waals surface area contributed by atoms with Crippen molar-refractivity contribution in [1.29, 1.82) is 0 Å². The SMILES string of the molecule is Cc1cccc(Cl)c1-n1c(CCl)nc2ccc(F)c(F)c21. The first-order chi connectivity index (χ1) is 10.0. The van der Waals surface area contributed by atoms with Gasteiger partial charge in [0.1, 0.15) is 11.3 Å². The van der Waals surface area contributed by atoms with Crippen LogP contribution in [0.15, 0.2) is 30.3 Å². The van der Waals surface area contributed by atoms with Crippen molar-refractivity contribution in [3.8, 4) is 5.69 Å². The number of alkyl halides is 1. The molecular formula is C15H10Cl2F2N2. The highest BCUT2D eigenvalue weighted by atomic mass is 35.5. The summed E-state index contributed by atoms with van der Waals surface area (Å²) in [4.78, 5) is 4.26. The zero-order chi connectivity index (χ0) is 15.1. The molecule has 2 aromatic carbocycles. The summed E-state index contributed by atoms with van der Waals surface area (Å²) in [6, 6.07) is 7.78. The molecule has 0 spiro atoms. The number of halogens is 4. The molecule has 1 aromatic heterocycles. The highest BCUT2D eigenvalue weighted by Gasteiger charge is 2.20. The highest BCUT2D eigenvalue weighted by Crippen LogP contribution is 2.31. The number of fused-ring (bicyclic) bond motifs is 1. The van der Waals surface area contributed by atoms with E-state index in [-0.39, 0.29) is 11.4 Å². The third kappa shape index (κ3) is 2.19. The summed E-state index contributed by atoms with van der Waals surface area (Å²) in [5.41, 5.74) is 1.75. The Labute approximate surface area is 129 Å².